The molecule has 1 aliphatic carbocycles. The summed E-state index contributed by atoms with van der Waals surface area (Å²) in [7, 11) is 0. The predicted octanol–water partition coefficient (Wildman–Crippen LogP) is 4.56. The number of hydrogen-bond acceptors (Lipinski definition) is 1. The largest absolute Gasteiger partial charge is 0.314 e. The molecule has 1 nitrogen and oxygen atoms in total. The zero-order chi connectivity index (χ0) is 14.4. The van der Waals surface area contributed by atoms with E-state index in [4.69, 9.17) is 0 Å². The van der Waals surface area contributed by atoms with Crippen molar-refractivity contribution in [3.8, 4) is 0 Å². The molecule has 0 radical (unpaired) electrons. The molecule has 1 aliphatic rings. The Kier molecular flexibility index (Phi) is 6.03. The molecule has 1 N–H and O–H groups in total. The Morgan fingerprint density at radius 2 is 1.95 bits per heavy atom. The van der Waals surface area contributed by atoms with Gasteiger partial charge in [0.25, 0.3) is 0 Å². The summed E-state index contributed by atoms with van der Waals surface area (Å²) >= 11 is 0. The van der Waals surface area contributed by atoms with Crippen molar-refractivity contribution in [1.82, 2.24) is 5.32 Å². The summed E-state index contributed by atoms with van der Waals surface area (Å²) in [4.78, 5) is 0. The minimum atomic E-state index is -0.148. The van der Waals surface area contributed by atoms with Crippen LogP contribution in [0.1, 0.15) is 51.5 Å². The first-order valence-electron chi connectivity index (χ1n) is 8.11. The van der Waals surface area contributed by atoms with Crippen LogP contribution < -0.4 is 5.32 Å². The number of benzene rings is 1. The molecule has 1 aromatic carbocycles. The highest BCUT2D eigenvalue weighted by molar-refractivity contribution is 5.16. The van der Waals surface area contributed by atoms with Gasteiger partial charge >= 0.3 is 0 Å². The van der Waals surface area contributed by atoms with Gasteiger partial charge in [0, 0.05) is 6.04 Å². The van der Waals surface area contributed by atoms with Crippen LogP contribution in [0.4, 0.5) is 4.39 Å². The summed E-state index contributed by atoms with van der Waals surface area (Å²) < 4.78 is 12.8. The lowest BCUT2D eigenvalue weighted by Crippen LogP contribution is -2.35. The lowest BCUT2D eigenvalue weighted by molar-refractivity contribution is 0.253. The number of halogens is 1. The van der Waals surface area contributed by atoms with Crippen molar-refractivity contribution in [3.05, 3.63) is 35.6 Å². The highest BCUT2D eigenvalue weighted by Gasteiger charge is 2.21. The van der Waals surface area contributed by atoms with Crippen LogP contribution in [-0.2, 0) is 6.42 Å². The van der Waals surface area contributed by atoms with Gasteiger partial charge in [-0.3, -0.25) is 0 Å². The van der Waals surface area contributed by atoms with Crippen molar-refractivity contribution in [2.45, 2.75) is 58.4 Å². The Labute approximate surface area is 123 Å². The van der Waals surface area contributed by atoms with Crippen LogP contribution in [0.3, 0.4) is 0 Å². The molecular weight excluding hydrogens is 249 g/mol. The summed E-state index contributed by atoms with van der Waals surface area (Å²) in [6.07, 6.45) is 7.79. The molecule has 2 atom stereocenters. The first-order valence-corrected chi connectivity index (χ1v) is 8.11. The number of nitrogens with one attached hydrogen (secondary N) is 1. The van der Waals surface area contributed by atoms with Crippen LogP contribution in [0.25, 0.3) is 0 Å². The average Bonchev–Trinajstić information content (AvgIpc) is 2.41. The standard InChI is InChI=1S/C18H28FN/c1-14(2)12-16-4-3-5-18(13-16)20-11-10-15-6-8-17(19)9-7-15/h6-9,14,16,18,20H,3-5,10-13H2,1-2H3. The highest BCUT2D eigenvalue weighted by Crippen LogP contribution is 2.29. The Bertz CT molecular complexity index is 385. The SMILES string of the molecule is CC(C)CC1CCCC(NCCc2ccc(F)cc2)C1. The first kappa shape index (κ1) is 15.5. The van der Waals surface area contributed by atoms with Crippen LogP contribution in [-0.4, -0.2) is 12.6 Å². The second-order valence-corrected chi connectivity index (χ2v) is 6.69. The Hall–Kier alpha value is -0.890. The van der Waals surface area contributed by atoms with Crippen LogP contribution in [0.2, 0.25) is 0 Å². The maximum absolute atomic E-state index is 12.8. The van der Waals surface area contributed by atoms with E-state index in [2.05, 4.69) is 19.2 Å². The van der Waals surface area contributed by atoms with Crippen LogP contribution in [0, 0.1) is 17.7 Å². The molecule has 1 fully saturated rings. The van der Waals surface area contributed by atoms with E-state index in [9.17, 15) is 4.39 Å². The Morgan fingerprint density at radius 1 is 1.20 bits per heavy atom. The predicted molar refractivity (Wildman–Crippen MR) is 83.3 cm³/mol. The summed E-state index contributed by atoms with van der Waals surface area (Å²) in [5.74, 6) is 1.58. The molecule has 1 aromatic rings. The summed E-state index contributed by atoms with van der Waals surface area (Å²) in [6, 6.07) is 7.57. The van der Waals surface area contributed by atoms with Gasteiger partial charge in [-0.2, -0.15) is 0 Å². The molecule has 0 bridgehead atoms. The molecule has 2 unspecified atom stereocenters. The first-order chi connectivity index (χ1) is 9.63. The summed E-state index contributed by atoms with van der Waals surface area (Å²) in [5.41, 5.74) is 1.22. The van der Waals surface area contributed by atoms with E-state index in [0.29, 0.717) is 6.04 Å². The maximum atomic E-state index is 12.8. The van der Waals surface area contributed by atoms with Gasteiger partial charge in [-0.1, -0.05) is 38.8 Å². The monoisotopic (exact) mass is 277 g/mol. The van der Waals surface area contributed by atoms with E-state index in [0.717, 1.165) is 24.8 Å². The van der Waals surface area contributed by atoms with E-state index in [-0.39, 0.29) is 5.82 Å². The van der Waals surface area contributed by atoms with Gasteiger partial charge < -0.3 is 5.32 Å². The molecular formula is C18H28FN. The molecule has 1 saturated carbocycles. The smallest absolute Gasteiger partial charge is 0.123 e. The van der Waals surface area contributed by atoms with E-state index in [1.165, 1.54) is 37.7 Å². The molecule has 0 saturated heterocycles. The molecule has 0 heterocycles. The van der Waals surface area contributed by atoms with Crippen molar-refractivity contribution in [2.75, 3.05) is 6.54 Å². The highest BCUT2D eigenvalue weighted by atomic mass is 19.1. The van der Waals surface area contributed by atoms with Crippen LogP contribution in [0.5, 0.6) is 0 Å². The number of rotatable bonds is 6. The molecule has 0 aliphatic heterocycles. The zero-order valence-corrected chi connectivity index (χ0v) is 12.9. The minimum absolute atomic E-state index is 0.148. The van der Waals surface area contributed by atoms with E-state index in [1.54, 1.807) is 12.1 Å². The molecule has 20 heavy (non-hydrogen) atoms. The summed E-state index contributed by atoms with van der Waals surface area (Å²) in [6.45, 7) is 5.65. The molecule has 0 amide bonds. The van der Waals surface area contributed by atoms with Gasteiger partial charge in [-0.15, -0.1) is 0 Å². The Balaban J connectivity index is 1.69. The molecule has 0 aromatic heterocycles. The van der Waals surface area contributed by atoms with E-state index < -0.39 is 0 Å². The van der Waals surface area contributed by atoms with Gasteiger partial charge in [0.2, 0.25) is 0 Å². The third-order valence-electron chi connectivity index (χ3n) is 4.35. The van der Waals surface area contributed by atoms with Crippen molar-refractivity contribution in [2.24, 2.45) is 11.8 Å². The maximum Gasteiger partial charge on any atom is 0.123 e. The summed E-state index contributed by atoms with van der Waals surface area (Å²) in [5, 5.41) is 3.69. The fraction of sp³-hybridized carbons (Fsp3) is 0.667. The topological polar surface area (TPSA) is 12.0 Å². The molecule has 2 heteroatoms. The lowest BCUT2D eigenvalue weighted by Gasteiger charge is -2.31. The third kappa shape index (κ3) is 5.24. The molecule has 2 rings (SSSR count). The van der Waals surface area contributed by atoms with Crippen LogP contribution >= 0.6 is 0 Å². The quantitative estimate of drug-likeness (QED) is 0.803. The van der Waals surface area contributed by atoms with Crippen molar-refractivity contribution in [1.29, 1.82) is 0 Å². The van der Waals surface area contributed by atoms with Gasteiger partial charge in [0.05, 0.1) is 0 Å². The third-order valence-corrected chi connectivity index (χ3v) is 4.35. The molecule has 112 valence electrons. The van der Waals surface area contributed by atoms with Gasteiger partial charge in [0.15, 0.2) is 0 Å². The minimum Gasteiger partial charge on any atom is -0.314 e. The zero-order valence-electron chi connectivity index (χ0n) is 12.9. The van der Waals surface area contributed by atoms with Gasteiger partial charge in [-0.25, -0.2) is 4.39 Å². The van der Waals surface area contributed by atoms with E-state index >= 15 is 0 Å². The Morgan fingerprint density at radius 3 is 2.65 bits per heavy atom. The second kappa shape index (κ2) is 7.78. The number of hydrogen-bond donors (Lipinski definition) is 1. The van der Waals surface area contributed by atoms with Crippen molar-refractivity contribution < 1.29 is 4.39 Å². The fourth-order valence-corrected chi connectivity index (χ4v) is 3.43. The second-order valence-electron chi connectivity index (χ2n) is 6.69. The van der Waals surface area contributed by atoms with Gasteiger partial charge in [0.1, 0.15) is 5.82 Å². The fourth-order valence-electron chi connectivity index (χ4n) is 3.43. The average molecular weight is 277 g/mol. The van der Waals surface area contributed by atoms with Gasteiger partial charge in [-0.05, 0) is 61.8 Å². The van der Waals surface area contributed by atoms with Crippen molar-refractivity contribution >= 4 is 0 Å². The lowest BCUT2D eigenvalue weighted by atomic mass is 9.81. The molecule has 0 spiro atoms. The van der Waals surface area contributed by atoms with Crippen molar-refractivity contribution in [3.63, 3.8) is 0 Å². The van der Waals surface area contributed by atoms with E-state index in [1.807, 2.05) is 12.1 Å². The van der Waals surface area contributed by atoms with Crippen LogP contribution in [0.15, 0.2) is 24.3 Å². The normalized spacial score (nSPS) is 23.2.